The van der Waals surface area contributed by atoms with Gasteiger partial charge in [-0.25, -0.2) is 0 Å². The summed E-state index contributed by atoms with van der Waals surface area (Å²) in [5, 5.41) is 58.6. The predicted octanol–water partition coefficient (Wildman–Crippen LogP) is -1.16. The molecule has 2 aliphatic rings. The number of Topliss-reactive ketones (excluding diaryl/α,β-unsaturated/α-hetero) is 1. The zero-order valence-corrected chi connectivity index (χ0v) is 14.4. The van der Waals surface area contributed by atoms with E-state index in [4.69, 9.17) is 14.2 Å². The van der Waals surface area contributed by atoms with Gasteiger partial charge >= 0.3 is 0 Å². The second kappa shape index (κ2) is 7.58. The van der Waals surface area contributed by atoms with Crippen molar-refractivity contribution >= 4 is 5.78 Å². The second-order valence-corrected chi connectivity index (χ2v) is 6.54. The van der Waals surface area contributed by atoms with Crippen LogP contribution in [-0.2, 0) is 9.47 Å². The van der Waals surface area contributed by atoms with Gasteiger partial charge in [-0.05, 0) is 6.42 Å². The molecule has 7 atom stereocenters. The fourth-order valence-corrected chi connectivity index (χ4v) is 3.26. The van der Waals surface area contributed by atoms with Crippen LogP contribution in [0.3, 0.4) is 0 Å². The molecule has 2 aliphatic heterocycles. The average Bonchev–Trinajstić information content (AvgIpc) is 2.61. The third-order valence-electron chi connectivity index (χ3n) is 4.78. The van der Waals surface area contributed by atoms with E-state index >= 15 is 0 Å². The number of ether oxygens (including phenoxy) is 3. The Labute approximate surface area is 154 Å². The van der Waals surface area contributed by atoms with Crippen molar-refractivity contribution < 1.29 is 49.6 Å². The third-order valence-corrected chi connectivity index (χ3v) is 4.78. The van der Waals surface area contributed by atoms with E-state index in [9.17, 15) is 35.4 Å². The SMILES string of the molecule is CC[C@H]1C(=O)c2c(O)cc(O)cc2O[C@H]1O[C@@H]1O[C@H](CO)[C@@H](O)[C@H](O)[C@H]1O. The normalized spacial score (nSPS) is 36.2. The Kier molecular flexibility index (Phi) is 5.56. The number of rotatable bonds is 4. The number of phenolic OH excluding ortho intramolecular Hbond substituents is 2. The molecule has 0 unspecified atom stereocenters. The molecule has 0 aliphatic carbocycles. The van der Waals surface area contributed by atoms with E-state index in [0.29, 0.717) is 0 Å². The summed E-state index contributed by atoms with van der Waals surface area (Å²) in [5.74, 6) is -2.19. The number of phenols is 2. The lowest BCUT2D eigenvalue weighted by Gasteiger charge is -2.42. The fourth-order valence-electron chi connectivity index (χ4n) is 3.26. The van der Waals surface area contributed by atoms with Crippen molar-refractivity contribution in [1.82, 2.24) is 0 Å². The van der Waals surface area contributed by atoms with Gasteiger partial charge in [0.05, 0.1) is 12.5 Å². The molecule has 10 nitrogen and oxygen atoms in total. The van der Waals surface area contributed by atoms with E-state index in [2.05, 4.69) is 0 Å². The van der Waals surface area contributed by atoms with Gasteiger partial charge in [-0.15, -0.1) is 0 Å². The van der Waals surface area contributed by atoms with E-state index in [0.717, 1.165) is 12.1 Å². The minimum Gasteiger partial charge on any atom is -0.508 e. The van der Waals surface area contributed by atoms with Gasteiger partial charge in [0.2, 0.25) is 6.29 Å². The van der Waals surface area contributed by atoms with Crippen LogP contribution in [0.2, 0.25) is 0 Å². The van der Waals surface area contributed by atoms with Gasteiger partial charge in [-0.2, -0.15) is 0 Å². The summed E-state index contributed by atoms with van der Waals surface area (Å²) >= 11 is 0. The van der Waals surface area contributed by atoms with E-state index < -0.39 is 61.1 Å². The number of hydrogen-bond donors (Lipinski definition) is 6. The number of carbonyl (C=O) groups excluding carboxylic acids is 1. The van der Waals surface area contributed by atoms with Gasteiger partial charge in [0.25, 0.3) is 0 Å². The average molecular weight is 386 g/mol. The largest absolute Gasteiger partial charge is 0.508 e. The first-order valence-corrected chi connectivity index (χ1v) is 8.51. The number of hydrogen-bond acceptors (Lipinski definition) is 10. The monoisotopic (exact) mass is 386 g/mol. The Balaban J connectivity index is 1.86. The molecule has 10 heteroatoms. The first kappa shape index (κ1) is 19.8. The molecule has 150 valence electrons. The Morgan fingerprint density at radius 1 is 1.07 bits per heavy atom. The van der Waals surface area contributed by atoms with E-state index in [1.54, 1.807) is 6.92 Å². The molecule has 0 radical (unpaired) electrons. The summed E-state index contributed by atoms with van der Waals surface area (Å²) in [6, 6.07) is 2.16. The molecule has 0 amide bonds. The second-order valence-electron chi connectivity index (χ2n) is 6.54. The number of ketones is 1. The maximum atomic E-state index is 12.7. The Morgan fingerprint density at radius 2 is 1.78 bits per heavy atom. The minimum atomic E-state index is -1.65. The number of carbonyl (C=O) groups is 1. The number of aliphatic hydroxyl groups excluding tert-OH is 4. The summed E-state index contributed by atoms with van der Waals surface area (Å²) in [6.07, 6.45) is -8.49. The van der Waals surface area contributed by atoms with Crippen LogP contribution in [0.15, 0.2) is 12.1 Å². The lowest BCUT2D eigenvalue weighted by molar-refractivity contribution is -0.332. The molecule has 0 spiro atoms. The Bertz CT molecular complexity index is 705. The molecule has 1 fully saturated rings. The number of fused-ring (bicyclic) bond motifs is 1. The molecule has 1 aromatic rings. The number of benzene rings is 1. The first-order chi connectivity index (χ1) is 12.8. The van der Waals surface area contributed by atoms with Gasteiger partial charge < -0.3 is 44.8 Å². The van der Waals surface area contributed by atoms with Crippen molar-refractivity contribution in [2.45, 2.75) is 50.3 Å². The third kappa shape index (κ3) is 3.47. The summed E-state index contributed by atoms with van der Waals surface area (Å²) < 4.78 is 16.4. The van der Waals surface area contributed by atoms with Crippen LogP contribution in [0.1, 0.15) is 23.7 Å². The van der Waals surface area contributed by atoms with Crippen LogP contribution in [0.4, 0.5) is 0 Å². The van der Waals surface area contributed by atoms with Crippen molar-refractivity contribution in [3.05, 3.63) is 17.7 Å². The van der Waals surface area contributed by atoms with E-state index in [1.165, 1.54) is 0 Å². The van der Waals surface area contributed by atoms with Gasteiger partial charge in [0.1, 0.15) is 47.2 Å². The maximum Gasteiger partial charge on any atom is 0.212 e. The molecular formula is C17H22O10. The summed E-state index contributed by atoms with van der Waals surface area (Å²) in [5.41, 5.74) is -0.0895. The molecule has 0 saturated carbocycles. The number of aromatic hydroxyl groups is 2. The zero-order valence-electron chi connectivity index (χ0n) is 14.4. The molecule has 27 heavy (non-hydrogen) atoms. The highest BCUT2D eigenvalue weighted by atomic mass is 16.8. The summed E-state index contributed by atoms with van der Waals surface area (Å²) in [4.78, 5) is 12.7. The van der Waals surface area contributed by atoms with Crippen molar-refractivity contribution in [2.24, 2.45) is 5.92 Å². The maximum absolute atomic E-state index is 12.7. The van der Waals surface area contributed by atoms with Crippen molar-refractivity contribution in [3.63, 3.8) is 0 Å². The molecule has 6 N–H and O–H groups in total. The Hall–Kier alpha value is -1.95. The standard InChI is InChI=1S/C17H22O10/c1-2-7-12(21)11-8(20)3-6(19)4-9(11)25-16(7)27-17-15(24)14(23)13(22)10(5-18)26-17/h3-4,7,10,13-20,22-24H,2,5H2,1H3/t7-,10+,13+,14-,15+,16-,17-/m0/s1. The van der Waals surface area contributed by atoms with Crippen LogP contribution >= 0.6 is 0 Å². The van der Waals surface area contributed by atoms with Crippen LogP contribution in [-0.4, -0.2) is 80.0 Å². The topological polar surface area (TPSA) is 166 Å². The molecule has 2 heterocycles. The number of aliphatic hydroxyl groups is 4. The van der Waals surface area contributed by atoms with Gasteiger partial charge in [0, 0.05) is 12.1 Å². The molecule has 1 aromatic carbocycles. The summed E-state index contributed by atoms with van der Waals surface area (Å²) in [7, 11) is 0. The van der Waals surface area contributed by atoms with Gasteiger partial charge in [0.15, 0.2) is 12.1 Å². The quantitative estimate of drug-likeness (QED) is 0.372. The summed E-state index contributed by atoms with van der Waals surface area (Å²) in [6.45, 7) is 1.06. The first-order valence-electron chi connectivity index (χ1n) is 8.51. The van der Waals surface area contributed by atoms with Crippen LogP contribution < -0.4 is 4.74 Å². The van der Waals surface area contributed by atoms with E-state index in [1.807, 2.05) is 0 Å². The van der Waals surface area contributed by atoms with Gasteiger partial charge in [-0.1, -0.05) is 6.92 Å². The van der Waals surface area contributed by atoms with E-state index in [-0.39, 0.29) is 23.5 Å². The highest BCUT2D eigenvalue weighted by Gasteiger charge is 2.47. The minimum absolute atomic E-state index is 0.0895. The predicted molar refractivity (Wildman–Crippen MR) is 87.2 cm³/mol. The van der Waals surface area contributed by atoms with Crippen molar-refractivity contribution in [1.29, 1.82) is 0 Å². The van der Waals surface area contributed by atoms with Crippen LogP contribution in [0.25, 0.3) is 0 Å². The van der Waals surface area contributed by atoms with Crippen molar-refractivity contribution in [2.75, 3.05) is 6.61 Å². The highest BCUT2D eigenvalue weighted by molar-refractivity contribution is 6.04. The smallest absolute Gasteiger partial charge is 0.212 e. The van der Waals surface area contributed by atoms with Crippen LogP contribution in [0, 0.1) is 5.92 Å². The molecular weight excluding hydrogens is 364 g/mol. The van der Waals surface area contributed by atoms with Crippen molar-refractivity contribution in [3.8, 4) is 17.2 Å². The van der Waals surface area contributed by atoms with Crippen LogP contribution in [0.5, 0.6) is 17.2 Å². The molecule has 0 aromatic heterocycles. The lowest BCUT2D eigenvalue weighted by atomic mass is 9.90. The fraction of sp³-hybridized carbons (Fsp3) is 0.588. The zero-order chi connectivity index (χ0) is 19.9. The highest BCUT2D eigenvalue weighted by Crippen LogP contribution is 2.41. The van der Waals surface area contributed by atoms with Gasteiger partial charge in [-0.3, -0.25) is 4.79 Å². The lowest BCUT2D eigenvalue weighted by Crippen LogP contribution is -2.60. The Morgan fingerprint density at radius 3 is 2.41 bits per heavy atom. The molecule has 0 bridgehead atoms. The molecule has 3 rings (SSSR count). The molecule has 1 saturated heterocycles.